The molecule has 2 aromatic heterocycles. The lowest BCUT2D eigenvalue weighted by Crippen LogP contribution is -2.30. The Morgan fingerprint density at radius 1 is 1.10 bits per heavy atom. The highest BCUT2D eigenvalue weighted by Gasteiger charge is 2.24. The maximum Gasteiger partial charge on any atom is 0.260 e. The maximum absolute atomic E-state index is 13.4. The summed E-state index contributed by atoms with van der Waals surface area (Å²) in [5, 5.41) is 0.524. The van der Waals surface area contributed by atoms with Crippen LogP contribution in [0.5, 0.6) is 0 Å². The second kappa shape index (κ2) is 7.81. The molecule has 0 spiro atoms. The van der Waals surface area contributed by atoms with Gasteiger partial charge in [-0.1, -0.05) is 36.5 Å². The first-order valence-corrected chi connectivity index (χ1v) is 11.5. The minimum absolute atomic E-state index is 0.0291. The number of fused-ring (bicyclic) bond motifs is 1. The number of amides is 1. The van der Waals surface area contributed by atoms with Crippen molar-refractivity contribution in [1.29, 1.82) is 0 Å². The van der Waals surface area contributed by atoms with Crippen molar-refractivity contribution in [2.75, 3.05) is 10.7 Å². The summed E-state index contributed by atoms with van der Waals surface area (Å²) in [5.74, 6) is 0.238. The Bertz CT molecular complexity index is 1230. The third kappa shape index (κ3) is 3.94. The van der Waals surface area contributed by atoms with E-state index in [4.69, 9.17) is 4.42 Å². The molecule has 0 saturated heterocycles. The van der Waals surface area contributed by atoms with Crippen LogP contribution in [0.15, 0.2) is 76.2 Å². The van der Waals surface area contributed by atoms with Crippen molar-refractivity contribution < 1.29 is 17.6 Å². The van der Waals surface area contributed by atoms with Gasteiger partial charge in [0.25, 0.3) is 5.91 Å². The highest BCUT2D eigenvalue weighted by Crippen LogP contribution is 2.31. The van der Waals surface area contributed by atoms with E-state index in [0.29, 0.717) is 10.9 Å². The number of hydrogen-bond acceptors (Lipinski definition) is 6. The largest absolute Gasteiger partial charge is 0.467 e. The van der Waals surface area contributed by atoms with Crippen LogP contribution in [-0.4, -0.2) is 25.1 Å². The smallest absolute Gasteiger partial charge is 0.260 e. The molecule has 2 heterocycles. The quantitative estimate of drug-likeness (QED) is 0.452. The van der Waals surface area contributed by atoms with Gasteiger partial charge in [-0.15, -0.1) is 0 Å². The highest BCUT2D eigenvalue weighted by molar-refractivity contribution is 7.91. The van der Waals surface area contributed by atoms with E-state index in [0.717, 1.165) is 10.2 Å². The number of anilines is 1. The van der Waals surface area contributed by atoms with Crippen molar-refractivity contribution in [2.45, 2.75) is 18.4 Å². The van der Waals surface area contributed by atoms with Gasteiger partial charge in [-0.3, -0.25) is 9.69 Å². The summed E-state index contributed by atoms with van der Waals surface area (Å²) >= 11 is 1.40. The summed E-state index contributed by atoms with van der Waals surface area (Å²) < 4.78 is 30.9. The van der Waals surface area contributed by atoms with Crippen molar-refractivity contribution in [1.82, 2.24) is 4.98 Å². The Balaban J connectivity index is 1.76. The molecule has 29 heavy (non-hydrogen) atoms. The van der Waals surface area contributed by atoms with Crippen LogP contribution in [0, 0.1) is 0 Å². The molecule has 0 aliphatic rings. The first-order valence-electron chi connectivity index (χ1n) is 9.00. The van der Waals surface area contributed by atoms with Gasteiger partial charge >= 0.3 is 0 Å². The van der Waals surface area contributed by atoms with Crippen molar-refractivity contribution >= 4 is 42.4 Å². The predicted octanol–water partition coefficient (Wildman–Crippen LogP) is 4.53. The number of sulfone groups is 1. The normalized spacial score (nSPS) is 11.6. The molecule has 0 saturated carbocycles. The summed E-state index contributed by atoms with van der Waals surface area (Å²) in [7, 11) is -3.42. The lowest BCUT2D eigenvalue weighted by atomic mass is 10.2. The number of nitrogens with zero attached hydrogens (tertiary/aromatic N) is 2. The van der Waals surface area contributed by atoms with E-state index in [1.54, 1.807) is 37.5 Å². The van der Waals surface area contributed by atoms with E-state index in [9.17, 15) is 13.2 Å². The van der Waals surface area contributed by atoms with Crippen LogP contribution in [0.4, 0.5) is 5.13 Å². The zero-order valence-electron chi connectivity index (χ0n) is 15.6. The number of furan rings is 1. The Kier molecular flexibility index (Phi) is 5.21. The Hall–Kier alpha value is -2.97. The van der Waals surface area contributed by atoms with Crippen molar-refractivity contribution in [2.24, 2.45) is 0 Å². The first kappa shape index (κ1) is 19.4. The lowest BCUT2D eigenvalue weighted by Gasteiger charge is -2.19. The topological polar surface area (TPSA) is 80.5 Å². The molecule has 0 atom stereocenters. The second-order valence-electron chi connectivity index (χ2n) is 6.37. The molecule has 8 heteroatoms. The summed E-state index contributed by atoms with van der Waals surface area (Å²) in [6.07, 6.45) is 1.55. The number of para-hydroxylation sites is 1. The number of carbonyl (C=O) groups is 1. The Labute approximate surface area is 172 Å². The molecule has 0 unspecified atom stereocenters. The number of carbonyl (C=O) groups excluding carboxylic acids is 1. The van der Waals surface area contributed by atoms with E-state index in [1.165, 1.54) is 28.4 Å². The molecule has 1 amide bonds. The molecule has 6 nitrogen and oxygen atoms in total. The van der Waals surface area contributed by atoms with E-state index in [1.807, 2.05) is 24.3 Å². The van der Waals surface area contributed by atoms with Gasteiger partial charge in [0.2, 0.25) is 0 Å². The second-order valence-corrected chi connectivity index (χ2v) is 9.65. The standard InChI is InChI=1S/C21H18N2O4S2/c1-2-29(25,26)17-9-5-7-15(13-17)20(24)23(14-16-8-6-12-27-16)21-22-18-10-3-4-11-19(18)28-21/h3-13H,2,14H2,1H3. The fraction of sp³-hybridized carbons (Fsp3) is 0.143. The summed E-state index contributed by atoms with van der Waals surface area (Å²) in [6, 6.07) is 17.3. The monoisotopic (exact) mass is 426 g/mol. The molecule has 0 radical (unpaired) electrons. The van der Waals surface area contributed by atoms with Crippen LogP contribution < -0.4 is 4.90 Å². The molecule has 0 bridgehead atoms. The Morgan fingerprint density at radius 3 is 2.66 bits per heavy atom. The van der Waals surface area contributed by atoms with Crippen LogP contribution in [0.3, 0.4) is 0 Å². The molecule has 4 rings (SSSR count). The molecular weight excluding hydrogens is 408 g/mol. The molecule has 0 aliphatic carbocycles. The predicted molar refractivity (Wildman–Crippen MR) is 113 cm³/mol. The summed E-state index contributed by atoms with van der Waals surface area (Å²) in [4.78, 5) is 19.6. The van der Waals surface area contributed by atoms with Crippen molar-refractivity contribution in [3.05, 3.63) is 78.3 Å². The average molecular weight is 427 g/mol. The van der Waals surface area contributed by atoms with Crippen LogP contribution in [0.25, 0.3) is 10.2 Å². The third-order valence-electron chi connectivity index (χ3n) is 4.47. The van der Waals surface area contributed by atoms with Gasteiger partial charge in [-0.05, 0) is 42.5 Å². The average Bonchev–Trinajstić information content (AvgIpc) is 3.41. The maximum atomic E-state index is 13.4. The number of benzene rings is 2. The van der Waals surface area contributed by atoms with Gasteiger partial charge < -0.3 is 4.42 Å². The van der Waals surface area contributed by atoms with E-state index >= 15 is 0 Å². The van der Waals surface area contributed by atoms with E-state index < -0.39 is 9.84 Å². The van der Waals surface area contributed by atoms with Gasteiger partial charge in [-0.25, -0.2) is 13.4 Å². The van der Waals surface area contributed by atoms with E-state index in [2.05, 4.69) is 4.98 Å². The van der Waals surface area contributed by atoms with Gasteiger partial charge in [0.15, 0.2) is 15.0 Å². The molecule has 0 fully saturated rings. The van der Waals surface area contributed by atoms with Crippen molar-refractivity contribution in [3.8, 4) is 0 Å². The summed E-state index contributed by atoms with van der Waals surface area (Å²) in [5.41, 5.74) is 1.08. The minimum Gasteiger partial charge on any atom is -0.467 e. The Morgan fingerprint density at radius 2 is 1.93 bits per heavy atom. The van der Waals surface area contributed by atoms with Gasteiger partial charge in [0.05, 0.1) is 33.7 Å². The molecule has 0 N–H and O–H groups in total. The van der Waals surface area contributed by atoms with E-state index in [-0.39, 0.29) is 28.7 Å². The minimum atomic E-state index is -3.42. The first-order chi connectivity index (χ1) is 14.0. The van der Waals surface area contributed by atoms with Crippen LogP contribution in [0.2, 0.25) is 0 Å². The molecule has 2 aromatic carbocycles. The van der Waals surface area contributed by atoms with Gasteiger partial charge in [0, 0.05) is 5.56 Å². The zero-order chi connectivity index (χ0) is 20.4. The highest BCUT2D eigenvalue weighted by atomic mass is 32.2. The number of rotatable bonds is 6. The van der Waals surface area contributed by atoms with Crippen LogP contribution >= 0.6 is 11.3 Å². The van der Waals surface area contributed by atoms with Crippen LogP contribution in [-0.2, 0) is 16.4 Å². The molecule has 148 valence electrons. The fourth-order valence-corrected chi connectivity index (χ4v) is 4.79. The van der Waals surface area contributed by atoms with Crippen LogP contribution in [0.1, 0.15) is 23.0 Å². The number of thiazole rings is 1. The van der Waals surface area contributed by atoms with Gasteiger partial charge in [-0.2, -0.15) is 0 Å². The molecule has 0 aliphatic heterocycles. The molecule has 4 aromatic rings. The number of aromatic nitrogens is 1. The van der Waals surface area contributed by atoms with Crippen molar-refractivity contribution in [3.63, 3.8) is 0 Å². The number of hydrogen-bond donors (Lipinski definition) is 0. The zero-order valence-corrected chi connectivity index (χ0v) is 17.2. The lowest BCUT2D eigenvalue weighted by molar-refractivity contribution is 0.0983. The third-order valence-corrected chi connectivity index (χ3v) is 7.26. The van der Waals surface area contributed by atoms with Gasteiger partial charge in [0.1, 0.15) is 5.76 Å². The fourth-order valence-electron chi connectivity index (χ4n) is 2.91. The SMILES string of the molecule is CCS(=O)(=O)c1cccc(C(=O)N(Cc2ccco2)c2nc3ccccc3s2)c1. The molecular formula is C21H18N2O4S2. The summed E-state index contributed by atoms with van der Waals surface area (Å²) in [6.45, 7) is 1.77.